The topological polar surface area (TPSA) is 38.9 Å². The smallest absolute Gasteiger partial charge is 0.211 e. The van der Waals surface area contributed by atoms with Gasteiger partial charge in [-0.25, -0.2) is 0 Å². The molecule has 0 bridgehead atoms. The number of hydrogen-bond acceptors (Lipinski definition) is 4. The molecular formula is C12H15N3OS. The highest BCUT2D eigenvalue weighted by atomic mass is 32.1. The van der Waals surface area contributed by atoms with Crippen LogP contribution in [0.2, 0.25) is 0 Å². The summed E-state index contributed by atoms with van der Waals surface area (Å²) in [5.41, 5.74) is 2.05. The van der Waals surface area contributed by atoms with Gasteiger partial charge in [0, 0.05) is 12.8 Å². The second-order valence-corrected chi connectivity index (χ2v) is 4.88. The Labute approximate surface area is 104 Å². The summed E-state index contributed by atoms with van der Waals surface area (Å²) >= 11 is 1.58. The predicted octanol–water partition coefficient (Wildman–Crippen LogP) is 2.54. The van der Waals surface area contributed by atoms with Crippen molar-refractivity contribution in [2.24, 2.45) is 17.3 Å². The molecule has 0 atom stereocenters. The van der Waals surface area contributed by atoms with Crippen molar-refractivity contribution >= 4 is 27.3 Å². The summed E-state index contributed by atoms with van der Waals surface area (Å²) in [7, 11) is 3.66. The molecule has 2 rings (SSSR count). The van der Waals surface area contributed by atoms with Gasteiger partial charge in [0.15, 0.2) is 0 Å². The molecule has 0 saturated heterocycles. The summed E-state index contributed by atoms with van der Waals surface area (Å²) in [5.74, 6) is 0.877. The van der Waals surface area contributed by atoms with Crippen molar-refractivity contribution in [3.63, 3.8) is 0 Å². The fourth-order valence-corrected chi connectivity index (χ4v) is 2.59. The van der Waals surface area contributed by atoms with Crippen LogP contribution >= 0.6 is 11.3 Å². The zero-order valence-corrected chi connectivity index (χ0v) is 11.2. The van der Waals surface area contributed by atoms with Gasteiger partial charge in [-0.3, -0.25) is 0 Å². The average Bonchev–Trinajstić information content (AvgIpc) is 2.64. The zero-order valence-electron chi connectivity index (χ0n) is 10.4. The van der Waals surface area contributed by atoms with E-state index in [1.807, 2.05) is 37.6 Å². The quantitative estimate of drug-likeness (QED) is 0.595. The lowest BCUT2D eigenvalue weighted by molar-refractivity contribution is 0.420. The summed E-state index contributed by atoms with van der Waals surface area (Å²) in [5, 5.41) is 8.33. The van der Waals surface area contributed by atoms with Crippen LogP contribution in [0.1, 0.15) is 13.8 Å². The number of ether oxygens (including phenoxy) is 1. The number of nitrogens with zero attached hydrogens (tertiary/aromatic N) is 3. The van der Waals surface area contributed by atoms with Gasteiger partial charge in [0.2, 0.25) is 4.80 Å². The van der Waals surface area contributed by atoms with Gasteiger partial charge in [-0.2, -0.15) is 5.10 Å². The van der Waals surface area contributed by atoms with Crippen molar-refractivity contribution in [3.8, 4) is 5.75 Å². The largest absolute Gasteiger partial charge is 0.495 e. The minimum atomic E-state index is 0.866. The van der Waals surface area contributed by atoms with Crippen molar-refractivity contribution in [1.29, 1.82) is 0 Å². The third kappa shape index (κ3) is 2.24. The molecule has 0 saturated carbocycles. The lowest BCUT2D eigenvalue weighted by Gasteiger charge is -2.00. The lowest BCUT2D eigenvalue weighted by atomic mass is 10.3. The van der Waals surface area contributed by atoms with E-state index in [-0.39, 0.29) is 0 Å². The van der Waals surface area contributed by atoms with Gasteiger partial charge >= 0.3 is 0 Å². The molecule has 0 amide bonds. The van der Waals surface area contributed by atoms with E-state index in [9.17, 15) is 0 Å². The Morgan fingerprint density at radius 2 is 2.12 bits per heavy atom. The van der Waals surface area contributed by atoms with Gasteiger partial charge in [0.05, 0.1) is 17.3 Å². The summed E-state index contributed by atoms with van der Waals surface area (Å²) in [6.45, 7) is 3.86. The highest BCUT2D eigenvalue weighted by molar-refractivity contribution is 7.16. The molecule has 5 heteroatoms. The molecule has 0 fully saturated rings. The monoisotopic (exact) mass is 249 g/mol. The Hall–Kier alpha value is -1.62. The second kappa shape index (κ2) is 4.71. The Morgan fingerprint density at radius 3 is 2.76 bits per heavy atom. The molecule has 0 N–H and O–H groups in total. The number of methoxy groups -OCH3 is 1. The van der Waals surface area contributed by atoms with Gasteiger partial charge < -0.3 is 9.30 Å². The summed E-state index contributed by atoms with van der Waals surface area (Å²) in [6, 6.07) is 5.98. The molecule has 1 heterocycles. The van der Waals surface area contributed by atoms with Crippen LogP contribution in [0.3, 0.4) is 0 Å². The molecule has 0 unspecified atom stereocenters. The van der Waals surface area contributed by atoms with Crippen molar-refractivity contribution in [2.75, 3.05) is 7.11 Å². The number of fused-ring (bicyclic) bond motifs is 1. The SMILES string of the molecule is COc1cccc2c1sc(=NN=C(C)C)n2C. The molecule has 0 radical (unpaired) electrons. The van der Waals surface area contributed by atoms with Crippen LogP contribution < -0.4 is 9.54 Å². The fraction of sp³-hybridized carbons (Fsp3) is 0.333. The van der Waals surface area contributed by atoms with E-state index in [1.54, 1.807) is 18.4 Å². The number of hydrogen-bond donors (Lipinski definition) is 0. The number of rotatable bonds is 2. The van der Waals surface area contributed by atoms with Gasteiger partial charge in [0.25, 0.3) is 0 Å². The minimum Gasteiger partial charge on any atom is -0.495 e. The van der Waals surface area contributed by atoms with Gasteiger partial charge in [-0.15, -0.1) is 5.10 Å². The van der Waals surface area contributed by atoms with Crippen LogP contribution in [0.15, 0.2) is 28.4 Å². The number of aryl methyl sites for hydroxylation is 1. The summed E-state index contributed by atoms with van der Waals surface area (Å²) < 4.78 is 8.46. The molecule has 0 spiro atoms. The van der Waals surface area contributed by atoms with E-state index in [0.717, 1.165) is 26.5 Å². The van der Waals surface area contributed by atoms with Gasteiger partial charge in [-0.05, 0) is 26.0 Å². The highest BCUT2D eigenvalue weighted by Gasteiger charge is 2.07. The molecular weight excluding hydrogens is 234 g/mol. The van der Waals surface area contributed by atoms with Crippen LogP contribution in [0.4, 0.5) is 0 Å². The van der Waals surface area contributed by atoms with Crippen molar-refractivity contribution in [2.45, 2.75) is 13.8 Å². The zero-order chi connectivity index (χ0) is 12.4. The van der Waals surface area contributed by atoms with E-state index >= 15 is 0 Å². The average molecular weight is 249 g/mol. The fourth-order valence-electron chi connectivity index (χ4n) is 1.52. The molecule has 0 aliphatic rings. The molecule has 17 heavy (non-hydrogen) atoms. The molecule has 0 aliphatic carbocycles. The van der Waals surface area contributed by atoms with Gasteiger partial charge in [0.1, 0.15) is 5.75 Å². The predicted molar refractivity (Wildman–Crippen MR) is 71.7 cm³/mol. The lowest BCUT2D eigenvalue weighted by Crippen LogP contribution is -2.09. The van der Waals surface area contributed by atoms with Crippen LogP contribution in [0, 0.1) is 0 Å². The van der Waals surface area contributed by atoms with E-state index in [2.05, 4.69) is 16.3 Å². The van der Waals surface area contributed by atoms with E-state index in [0.29, 0.717) is 0 Å². The third-order valence-corrected chi connectivity index (χ3v) is 3.51. The Bertz CT molecular complexity index is 633. The summed E-state index contributed by atoms with van der Waals surface area (Å²) in [4.78, 5) is 0.866. The maximum Gasteiger partial charge on any atom is 0.211 e. The standard InChI is InChI=1S/C12H15N3OS/c1-8(2)13-14-12-15(3)9-6-5-7-10(16-4)11(9)17-12/h5-7H,1-4H3. The maximum absolute atomic E-state index is 5.34. The summed E-state index contributed by atoms with van der Waals surface area (Å²) in [6.07, 6.45) is 0. The first-order valence-electron chi connectivity index (χ1n) is 5.31. The Kier molecular flexibility index (Phi) is 3.28. The Morgan fingerprint density at radius 1 is 1.35 bits per heavy atom. The van der Waals surface area contributed by atoms with E-state index in [1.165, 1.54) is 0 Å². The van der Waals surface area contributed by atoms with Crippen molar-refractivity contribution < 1.29 is 4.74 Å². The van der Waals surface area contributed by atoms with E-state index < -0.39 is 0 Å². The Balaban J connectivity index is 2.73. The highest BCUT2D eigenvalue weighted by Crippen LogP contribution is 2.27. The molecule has 90 valence electrons. The molecule has 2 aromatic rings. The molecule has 1 aromatic carbocycles. The van der Waals surface area contributed by atoms with Crippen molar-refractivity contribution in [1.82, 2.24) is 4.57 Å². The van der Waals surface area contributed by atoms with Crippen LogP contribution in [-0.2, 0) is 7.05 Å². The normalized spacial score (nSPS) is 11.9. The number of aromatic nitrogens is 1. The van der Waals surface area contributed by atoms with Crippen LogP contribution in [0.5, 0.6) is 5.75 Å². The maximum atomic E-state index is 5.34. The second-order valence-electron chi connectivity index (χ2n) is 3.90. The molecule has 0 aliphatic heterocycles. The van der Waals surface area contributed by atoms with Crippen LogP contribution in [-0.4, -0.2) is 17.4 Å². The molecule has 1 aromatic heterocycles. The van der Waals surface area contributed by atoms with Gasteiger partial charge in [-0.1, -0.05) is 17.4 Å². The first kappa shape index (κ1) is 11.9. The number of benzene rings is 1. The molecule has 4 nitrogen and oxygen atoms in total. The van der Waals surface area contributed by atoms with E-state index in [4.69, 9.17) is 4.74 Å². The first-order chi connectivity index (χ1) is 8.13. The third-order valence-electron chi connectivity index (χ3n) is 2.36. The van der Waals surface area contributed by atoms with Crippen LogP contribution in [0.25, 0.3) is 10.2 Å². The first-order valence-corrected chi connectivity index (χ1v) is 6.12. The number of thiazole rings is 1. The van der Waals surface area contributed by atoms with Crippen molar-refractivity contribution in [3.05, 3.63) is 23.0 Å². The minimum absolute atomic E-state index is 0.866.